The van der Waals surface area contributed by atoms with Crippen LogP contribution >= 0.6 is 11.3 Å². The predicted molar refractivity (Wildman–Crippen MR) is 135 cm³/mol. The van der Waals surface area contributed by atoms with Gasteiger partial charge in [-0.3, -0.25) is 4.79 Å². The zero-order valence-corrected chi connectivity index (χ0v) is 21.1. The van der Waals surface area contributed by atoms with Crippen LogP contribution < -0.4 is 4.90 Å². The number of rotatable bonds is 6. The van der Waals surface area contributed by atoms with E-state index in [0.717, 1.165) is 67.2 Å². The van der Waals surface area contributed by atoms with Crippen LogP contribution in [-0.4, -0.2) is 48.6 Å². The predicted octanol–water partition coefficient (Wildman–Crippen LogP) is 5.97. The number of methoxy groups -OCH3 is 1. The van der Waals surface area contributed by atoms with Gasteiger partial charge in [0.2, 0.25) is 0 Å². The molecule has 0 bridgehead atoms. The first kappa shape index (κ1) is 23.7. The lowest BCUT2D eigenvalue weighted by Gasteiger charge is -2.36. The number of benzene rings is 1. The Labute approximate surface area is 207 Å². The zero-order chi connectivity index (χ0) is 23.3. The molecule has 184 valence electrons. The molecule has 7 heteroatoms. The Morgan fingerprint density at radius 2 is 1.56 bits per heavy atom. The number of hydrogen-bond donors (Lipinski definition) is 0. The number of ether oxygens (including phenoxy) is 2. The minimum Gasteiger partial charge on any atom is -0.469 e. The maximum absolute atomic E-state index is 11.8. The van der Waals surface area contributed by atoms with Gasteiger partial charge in [0.1, 0.15) is 10.0 Å². The molecule has 1 aliphatic heterocycles. The molecular formula is C27H37N3O3S. The summed E-state index contributed by atoms with van der Waals surface area (Å²) in [5.41, 5.74) is 2.41. The van der Waals surface area contributed by atoms with Gasteiger partial charge in [-0.2, -0.15) is 0 Å². The summed E-state index contributed by atoms with van der Waals surface area (Å²) in [5.74, 6) is 0.381. The van der Waals surface area contributed by atoms with Gasteiger partial charge in [0.15, 0.2) is 0 Å². The van der Waals surface area contributed by atoms with Gasteiger partial charge >= 0.3 is 5.97 Å². The third-order valence-corrected chi connectivity index (χ3v) is 9.04. The number of esters is 1. The van der Waals surface area contributed by atoms with Crippen molar-refractivity contribution >= 4 is 23.0 Å². The molecule has 1 saturated heterocycles. The fourth-order valence-corrected chi connectivity index (χ4v) is 6.81. The molecule has 1 aromatic carbocycles. The monoisotopic (exact) mass is 483 g/mol. The van der Waals surface area contributed by atoms with Crippen molar-refractivity contribution in [1.82, 2.24) is 10.2 Å². The van der Waals surface area contributed by atoms with Crippen LogP contribution in [-0.2, 0) is 14.3 Å². The quantitative estimate of drug-likeness (QED) is 0.472. The first-order valence-electron chi connectivity index (χ1n) is 13.1. The fraction of sp³-hybridized carbons (Fsp3) is 0.667. The first-order valence-corrected chi connectivity index (χ1v) is 13.9. The van der Waals surface area contributed by atoms with E-state index in [1.165, 1.54) is 44.9 Å². The molecule has 2 heterocycles. The minimum absolute atomic E-state index is 0.0464. The van der Waals surface area contributed by atoms with Crippen LogP contribution in [0.5, 0.6) is 0 Å². The van der Waals surface area contributed by atoms with E-state index in [2.05, 4.69) is 39.4 Å². The van der Waals surface area contributed by atoms with Crippen molar-refractivity contribution in [2.24, 2.45) is 5.92 Å². The van der Waals surface area contributed by atoms with Crippen LogP contribution in [0, 0.1) is 5.92 Å². The van der Waals surface area contributed by atoms with Crippen LogP contribution in [0.1, 0.15) is 81.6 Å². The Bertz CT molecular complexity index is 925. The van der Waals surface area contributed by atoms with Crippen molar-refractivity contribution < 1.29 is 14.3 Å². The summed E-state index contributed by atoms with van der Waals surface area (Å²) in [5, 5.41) is 11.1. The van der Waals surface area contributed by atoms with Gasteiger partial charge in [-0.1, -0.05) is 30.6 Å². The largest absolute Gasteiger partial charge is 0.469 e. The van der Waals surface area contributed by atoms with E-state index in [4.69, 9.17) is 9.47 Å². The Morgan fingerprint density at radius 3 is 2.24 bits per heavy atom. The third kappa shape index (κ3) is 5.62. The number of piperidine rings is 1. The second-order valence-corrected chi connectivity index (χ2v) is 11.2. The molecule has 0 amide bonds. The SMILES string of the molecule is COC(=O)C1CCC(c2nnc(-c3ccc(N4CCC(OC5CCCCC5)CC4)cc3)s2)CC1. The minimum atomic E-state index is -0.0718. The van der Waals surface area contributed by atoms with Crippen LogP contribution in [0.4, 0.5) is 5.69 Å². The van der Waals surface area contributed by atoms with Crippen LogP contribution in [0.2, 0.25) is 0 Å². The van der Waals surface area contributed by atoms with Crippen molar-refractivity contribution in [1.29, 1.82) is 0 Å². The van der Waals surface area contributed by atoms with Gasteiger partial charge < -0.3 is 14.4 Å². The average Bonchev–Trinajstić information content (AvgIpc) is 3.40. The van der Waals surface area contributed by atoms with Gasteiger partial charge in [-0.15, -0.1) is 10.2 Å². The highest BCUT2D eigenvalue weighted by molar-refractivity contribution is 7.14. The van der Waals surface area contributed by atoms with Crippen molar-refractivity contribution in [2.45, 2.75) is 88.8 Å². The molecule has 0 radical (unpaired) electrons. The lowest BCUT2D eigenvalue weighted by Crippen LogP contribution is -2.38. The zero-order valence-electron chi connectivity index (χ0n) is 20.3. The second-order valence-electron chi connectivity index (χ2n) is 10.1. The van der Waals surface area contributed by atoms with Crippen molar-refractivity contribution in [2.75, 3.05) is 25.1 Å². The Hall–Kier alpha value is -1.99. The molecule has 34 heavy (non-hydrogen) atoms. The summed E-state index contributed by atoms with van der Waals surface area (Å²) >= 11 is 1.70. The molecule has 5 rings (SSSR count). The number of aromatic nitrogens is 2. The number of hydrogen-bond acceptors (Lipinski definition) is 7. The van der Waals surface area contributed by atoms with E-state index in [-0.39, 0.29) is 11.9 Å². The van der Waals surface area contributed by atoms with Crippen LogP contribution in [0.25, 0.3) is 10.6 Å². The highest BCUT2D eigenvalue weighted by Gasteiger charge is 2.29. The van der Waals surface area contributed by atoms with E-state index >= 15 is 0 Å². The molecule has 3 fully saturated rings. The maximum atomic E-state index is 11.8. The van der Waals surface area contributed by atoms with Crippen LogP contribution in [0.15, 0.2) is 24.3 Å². The number of nitrogens with zero attached hydrogens (tertiary/aromatic N) is 3. The van der Waals surface area contributed by atoms with Gasteiger partial charge in [0.25, 0.3) is 0 Å². The molecule has 0 N–H and O–H groups in total. The van der Waals surface area contributed by atoms with E-state index in [1.54, 1.807) is 11.3 Å². The number of carbonyl (C=O) groups excluding carboxylic acids is 1. The summed E-state index contributed by atoms with van der Waals surface area (Å²) in [4.78, 5) is 14.3. The highest BCUT2D eigenvalue weighted by atomic mass is 32.1. The van der Waals surface area contributed by atoms with Crippen molar-refractivity contribution in [3.05, 3.63) is 29.3 Å². The van der Waals surface area contributed by atoms with E-state index in [9.17, 15) is 4.79 Å². The molecule has 2 aromatic rings. The summed E-state index contributed by atoms with van der Waals surface area (Å²) in [6, 6.07) is 8.80. The average molecular weight is 484 g/mol. The van der Waals surface area contributed by atoms with Gasteiger partial charge in [0.05, 0.1) is 25.2 Å². The molecule has 0 unspecified atom stereocenters. The third-order valence-electron chi connectivity index (χ3n) is 7.91. The van der Waals surface area contributed by atoms with Crippen molar-refractivity contribution in [3.8, 4) is 10.6 Å². The Kier molecular flexibility index (Phi) is 7.80. The topological polar surface area (TPSA) is 64.5 Å². The van der Waals surface area contributed by atoms with Crippen LogP contribution in [0.3, 0.4) is 0 Å². The maximum Gasteiger partial charge on any atom is 0.308 e. The van der Waals surface area contributed by atoms with Gasteiger partial charge in [-0.25, -0.2) is 0 Å². The van der Waals surface area contributed by atoms with Crippen molar-refractivity contribution in [3.63, 3.8) is 0 Å². The molecule has 1 aromatic heterocycles. The summed E-state index contributed by atoms with van der Waals surface area (Å²) in [7, 11) is 1.48. The lowest BCUT2D eigenvalue weighted by atomic mass is 9.82. The normalized spacial score (nSPS) is 24.8. The van der Waals surface area contributed by atoms with E-state index in [0.29, 0.717) is 18.1 Å². The standard InChI is InChI=1S/C27H37N3O3S/c1-32-27(31)21-9-7-19(8-10-21)25-28-29-26(34-25)20-11-13-22(14-12-20)30-17-15-24(16-18-30)33-23-5-3-2-4-6-23/h11-14,19,21,23-24H,2-10,15-18H2,1H3. The summed E-state index contributed by atoms with van der Waals surface area (Å²) < 4.78 is 11.3. The first-order chi connectivity index (χ1) is 16.7. The molecule has 3 aliphatic rings. The molecule has 6 nitrogen and oxygen atoms in total. The smallest absolute Gasteiger partial charge is 0.308 e. The molecule has 2 saturated carbocycles. The molecule has 0 spiro atoms. The number of carbonyl (C=O) groups is 1. The van der Waals surface area contributed by atoms with Gasteiger partial charge in [-0.05, 0) is 75.6 Å². The van der Waals surface area contributed by atoms with E-state index in [1.807, 2.05) is 0 Å². The van der Waals surface area contributed by atoms with Gasteiger partial charge in [0, 0.05) is 30.3 Å². The molecule has 0 atom stereocenters. The molecular weight excluding hydrogens is 446 g/mol. The Balaban J connectivity index is 1.13. The second kappa shape index (κ2) is 11.2. The Morgan fingerprint density at radius 1 is 0.882 bits per heavy atom. The lowest BCUT2D eigenvalue weighted by molar-refractivity contribution is -0.146. The fourth-order valence-electron chi connectivity index (χ4n) is 5.80. The summed E-state index contributed by atoms with van der Waals surface area (Å²) in [6.45, 7) is 2.13. The summed E-state index contributed by atoms with van der Waals surface area (Å²) in [6.07, 6.45) is 13.5. The van der Waals surface area contributed by atoms with E-state index < -0.39 is 0 Å². The number of anilines is 1. The highest BCUT2D eigenvalue weighted by Crippen LogP contribution is 2.39. The molecule has 2 aliphatic carbocycles.